The Labute approximate surface area is 139 Å². The number of nitrogens with two attached hydrogens (primary N) is 1. The number of hydrogen-bond donors (Lipinski definition) is 1. The Balaban J connectivity index is 2.50. The van der Waals surface area contributed by atoms with Gasteiger partial charge in [0.15, 0.2) is 11.5 Å². The SMILES string of the molecule is CCCCn1cc(CCCN)c2cc(OCC)c(OCC)cc21. The van der Waals surface area contributed by atoms with E-state index in [4.69, 9.17) is 15.2 Å². The van der Waals surface area contributed by atoms with E-state index < -0.39 is 0 Å². The Morgan fingerprint density at radius 3 is 2.30 bits per heavy atom. The van der Waals surface area contributed by atoms with Crippen LogP contribution < -0.4 is 15.2 Å². The molecule has 0 amide bonds. The van der Waals surface area contributed by atoms with Crippen LogP contribution in [-0.4, -0.2) is 24.3 Å². The molecule has 2 N–H and O–H groups in total. The molecule has 0 bridgehead atoms. The van der Waals surface area contributed by atoms with Crippen molar-refractivity contribution < 1.29 is 9.47 Å². The van der Waals surface area contributed by atoms with Gasteiger partial charge in [-0.15, -0.1) is 0 Å². The van der Waals surface area contributed by atoms with Gasteiger partial charge in [0.2, 0.25) is 0 Å². The van der Waals surface area contributed by atoms with Crippen molar-refractivity contribution in [3.05, 3.63) is 23.9 Å². The monoisotopic (exact) mass is 318 g/mol. The molecule has 128 valence electrons. The molecule has 23 heavy (non-hydrogen) atoms. The number of ether oxygens (including phenoxy) is 2. The molecule has 1 heterocycles. The maximum absolute atomic E-state index is 5.79. The van der Waals surface area contributed by atoms with Gasteiger partial charge < -0.3 is 19.8 Å². The zero-order valence-corrected chi connectivity index (χ0v) is 14.7. The van der Waals surface area contributed by atoms with Crippen molar-refractivity contribution in [1.82, 2.24) is 4.57 Å². The standard InChI is InChI=1S/C19H30N2O2/c1-4-7-11-21-14-15(9-8-10-20)16-12-18(22-5-2)19(23-6-3)13-17(16)21/h12-14H,4-11,20H2,1-3H3. The van der Waals surface area contributed by atoms with Crippen LogP contribution in [0.4, 0.5) is 0 Å². The number of aryl methyl sites for hydroxylation is 2. The summed E-state index contributed by atoms with van der Waals surface area (Å²) in [4.78, 5) is 0. The molecule has 0 aliphatic carbocycles. The predicted molar refractivity (Wildman–Crippen MR) is 96.6 cm³/mol. The Bertz CT molecular complexity index is 567. The summed E-state index contributed by atoms with van der Waals surface area (Å²) in [5.41, 5.74) is 8.28. The van der Waals surface area contributed by atoms with Crippen LogP contribution >= 0.6 is 0 Å². The van der Waals surface area contributed by atoms with Crippen LogP contribution in [0, 0.1) is 0 Å². The zero-order valence-electron chi connectivity index (χ0n) is 14.7. The van der Waals surface area contributed by atoms with E-state index in [0.29, 0.717) is 13.2 Å². The number of aromatic nitrogens is 1. The number of unbranched alkanes of at least 4 members (excludes halogenated alkanes) is 1. The third-order valence-electron chi connectivity index (χ3n) is 4.03. The molecule has 2 aromatic rings. The molecular formula is C19H30N2O2. The first-order valence-corrected chi connectivity index (χ1v) is 8.86. The van der Waals surface area contributed by atoms with Gasteiger partial charge in [0.05, 0.1) is 18.7 Å². The highest BCUT2D eigenvalue weighted by molar-refractivity contribution is 5.87. The van der Waals surface area contributed by atoms with E-state index in [1.807, 2.05) is 13.8 Å². The maximum Gasteiger partial charge on any atom is 0.163 e. The summed E-state index contributed by atoms with van der Waals surface area (Å²) in [5, 5.41) is 1.27. The Morgan fingerprint density at radius 2 is 1.70 bits per heavy atom. The second kappa shape index (κ2) is 8.82. The molecule has 1 aromatic carbocycles. The molecule has 0 spiro atoms. The molecule has 0 aliphatic heterocycles. The van der Waals surface area contributed by atoms with Crippen molar-refractivity contribution >= 4 is 10.9 Å². The molecule has 0 saturated carbocycles. The Hall–Kier alpha value is -1.68. The number of fused-ring (bicyclic) bond motifs is 1. The predicted octanol–water partition coefficient (Wildman–Crippen LogP) is 4.13. The lowest BCUT2D eigenvalue weighted by atomic mass is 10.1. The molecule has 0 atom stereocenters. The number of nitrogens with zero attached hydrogens (tertiary/aromatic N) is 1. The van der Waals surface area contributed by atoms with E-state index in [1.54, 1.807) is 0 Å². The second-order valence-electron chi connectivity index (χ2n) is 5.78. The van der Waals surface area contributed by atoms with Gasteiger partial charge in [-0.05, 0) is 51.3 Å². The minimum absolute atomic E-state index is 0.639. The van der Waals surface area contributed by atoms with Crippen molar-refractivity contribution in [3.63, 3.8) is 0 Å². The quantitative estimate of drug-likeness (QED) is 0.716. The molecule has 0 aliphatic rings. The van der Waals surface area contributed by atoms with E-state index in [-0.39, 0.29) is 0 Å². The molecule has 0 fully saturated rings. The highest BCUT2D eigenvalue weighted by Gasteiger charge is 2.14. The molecular weight excluding hydrogens is 288 g/mol. The summed E-state index contributed by atoms with van der Waals surface area (Å²) in [5.74, 6) is 1.67. The third kappa shape index (κ3) is 4.20. The highest BCUT2D eigenvalue weighted by atomic mass is 16.5. The van der Waals surface area contributed by atoms with Gasteiger partial charge in [-0.2, -0.15) is 0 Å². The van der Waals surface area contributed by atoms with E-state index in [0.717, 1.165) is 37.4 Å². The first-order chi connectivity index (χ1) is 11.2. The highest BCUT2D eigenvalue weighted by Crippen LogP contribution is 2.35. The molecule has 0 saturated heterocycles. The summed E-state index contributed by atoms with van der Waals surface area (Å²) in [6.07, 6.45) is 6.65. The lowest BCUT2D eigenvalue weighted by Gasteiger charge is -2.12. The van der Waals surface area contributed by atoms with E-state index >= 15 is 0 Å². The molecule has 0 unspecified atom stereocenters. The van der Waals surface area contributed by atoms with E-state index in [9.17, 15) is 0 Å². The van der Waals surface area contributed by atoms with Gasteiger partial charge in [0.25, 0.3) is 0 Å². The average Bonchev–Trinajstić information content (AvgIpc) is 2.88. The fourth-order valence-electron chi connectivity index (χ4n) is 2.91. The lowest BCUT2D eigenvalue weighted by molar-refractivity contribution is 0.288. The number of hydrogen-bond acceptors (Lipinski definition) is 3. The molecule has 1 aromatic heterocycles. The smallest absolute Gasteiger partial charge is 0.163 e. The van der Waals surface area contributed by atoms with Crippen molar-refractivity contribution in [3.8, 4) is 11.5 Å². The summed E-state index contributed by atoms with van der Waals surface area (Å²) >= 11 is 0. The van der Waals surface area contributed by atoms with Gasteiger partial charge in [-0.25, -0.2) is 0 Å². The van der Waals surface area contributed by atoms with Crippen LogP contribution in [0.3, 0.4) is 0 Å². The molecule has 0 radical (unpaired) electrons. The number of rotatable bonds is 10. The van der Waals surface area contributed by atoms with E-state index in [1.165, 1.54) is 29.3 Å². The fourth-order valence-corrected chi connectivity index (χ4v) is 2.91. The first-order valence-electron chi connectivity index (χ1n) is 8.86. The summed E-state index contributed by atoms with van der Waals surface area (Å²) in [7, 11) is 0. The topological polar surface area (TPSA) is 49.4 Å². The summed E-state index contributed by atoms with van der Waals surface area (Å²) in [6.45, 7) is 9.26. The van der Waals surface area contributed by atoms with Crippen LogP contribution in [0.15, 0.2) is 18.3 Å². The van der Waals surface area contributed by atoms with Gasteiger partial charge in [-0.3, -0.25) is 0 Å². The van der Waals surface area contributed by atoms with Crippen molar-refractivity contribution in [2.24, 2.45) is 5.73 Å². The van der Waals surface area contributed by atoms with Crippen LogP contribution in [0.1, 0.15) is 45.6 Å². The molecule has 4 heteroatoms. The molecule has 2 rings (SSSR count). The normalized spacial score (nSPS) is 11.1. The van der Waals surface area contributed by atoms with Gasteiger partial charge in [0, 0.05) is 24.2 Å². The fraction of sp³-hybridized carbons (Fsp3) is 0.579. The van der Waals surface area contributed by atoms with Gasteiger partial charge in [0.1, 0.15) is 0 Å². The number of benzene rings is 1. The van der Waals surface area contributed by atoms with Crippen molar-refractivity contribution in [1.29, 1.82) is 0 Å². The van der Waals surface area contributed by atoms with Crippen LogP contribution in [-0.2, 0) is 13.0 Å². The van der Waals surface area contributed by atoms with Crippen LogP contribution in [0.25, 0.3) is 10.9 Å². The van der Waals surface area contributed by atoms with Crippen LogP contribution in [0.2, 0.25) is 0 Å². The molecule has 4 nitrogen and oxygen atoms in total. The Morgan fingerprint density at radius 1 is 1.00 bits per heavy atom. The van der Waals surface area contributed by atoms with E-state index in [2.05, 4.69) is 29.8 Å². The van der Waals surface area contributed by atoms with Crippen molar-refractivity contribution in [2.45, 2.75) is 53.0 Å². The minimum atomic E-state index is 0.639. The Kier molecular flexibility index (Phi) is 6.78. The van der Waals surface area contributed by atoms with Gasteiger partial charge in [-0.1, -0.05) is 13.3 Å². The maximum atomic E-state index is 5.79. The minimum Gasteiger partial charge on any atom is -0.490 e. The summed E-state index contributed by atoms with van der Waals surface area (Å²) < 4.78 is 13.9. The first kappa shape index (κ1) is 17.7. The third-order valence-corrected chi connectivity index (χ3v) is 4.03. The zero-order chi connectivity index (χ0) is 16.7. The summed E-state index contributed by atoms with van der Waals surface area (Å²) in [6, 6.07) is 4.27. The largest absolute Gasteiger partial charge is 0.490 e. The van der Waals surface area contributed by atoms with Crippen molar-refractivity contribution in [2.75, 3.05) is 19.8 Å². The lowest BCUT2D eigenvalue weighted by Crippen LogP contribution is -2.00. The average molecular weight is 318 g/mol. The van der Waals surface area contributed by atoms with Gasteiger partial charge >= 0.3 is 0 Å². The second-order valence-corrected chi connectivity index (χ2v) is 5.78. The van der Waals surface area contributed by atoms with Crippen LogP contribution in [0.5, 0.6) is 11.5 Å².